The molecule has 0 aromatic heterocycles. The molecule has 0 amide bonds. The van der Waals surface area contributed by atoms with Crippen LogP contribution in [0.25, 0.3) is 0 Å². The summed E-state index contributed by atoms with van der Waals surface area (Å²) in [7, 11) is -4.32. The molecule has 0 saturated heterocycles. The lowest BCUT2D eigenvalue weighted by Gasteiger charge is -2.09. The van der Waals surface area contributed by atoms with Gasteiger partial charge in [-0.05, 0) is 6.42 Å². The fraction of sp³-hybridized carbons (Fsp3) is 1.00. The second kappa shape index (κ2) is 4.85. The Hall–Kier alpha value is 1.07. The van der Waals surface area contributed by atoms with Crippen molar-refractivity contribution in [3.63, 3.8) is 0 Å². The standard InChI is InChI=1S/C3H7Br2O4P/c4-2-1-3(5)9-10(6,7)8/h3H,1-2H2,(H2,6,7,8). The van der Waals surface area contributed by atoms with Crippen molar-refractivity contribution >= 4 is 39.7 Å². The highest BCUT2D eigenvalue weighted by molar-refractivity contribution is 9.10. The van der Waals surface area contributed by atoms with Crippen molar-refractivity contribution < 1.29 is 18.9 Å². The van der Waals surface area contributed by atoms with Crippen LogP contribution in [-0.2, 0) is 9.09 Å². The van der Waals surface area contributed by atoms with Gasteiger partial charge in [0.2, 0.25) is 0 Å². The molecule has 1 atom stereocenters. The summed E-state index contributed by atoms with van der Waals surface area (Å²) in [6.07, 6.45) is 0.505. The molecule has 2 N–H and O–H groups in total. The van der Waals surface area contributed by atoms with E-state index in [0.29, 0.717) is 11.8 Å². The van der Waals surface area contributed by atoms with Crippen LogP contribution in [0.1, 0.15) is 6.42 Å². The van der Waals surface area contributed by atoms with Crippen molar-refractivity contribution in [3.05, 3.63) is 0 Å². The fourth-order valence-electron chi connectivity index (χ4n) is 0.287. The summed E-state index contributed by atoms with van der Waals surface area (Å²) in [6.45, 7) is 0. The molecule has 0 aliphatic rings. The quantitative estimate of drug-likeness (QED) is 0.611. The number of hydrogen-bond donors (Lipinski definition) is 2. The van der Waals surface area contributed by atoms with E-state index in [2.05, 4.69) is 36.4 Å². The normalized spacial score (nSPS) is 15.2. The molecule has 0 fully saturated rings. The SMILES string of the molecule is O=P(O)(O)OC(Br)CCBr. The molecule has 0 rings (SSSR count). The molecule has 0 heterocycles. The van der Waals surface area contributed by atoms with Crippen LogP contribution >= 0.6 is 39.7 Å². The van der Waals surface area contributed by atoms with Crippen molar-refractivity contribution in [2.75, 3.05) is 5.33 Å². The minimum Gasteiger partial charge on any atom is -0.303 e. The third-order valence-corrected chi connectivity index (χ3v) is 2.51. The van der Waals surface area contributed by atoms with Gasteiger partial charge in [0.05, 0.1) is 0 Å². The number of alkyl halides is 2. The maximum Gasteiger partial charge on any atom is 0.470 e. The Morgan fingerprint density at radius 1 is 1.60 bits per heavy atom. The Morgan fingerprint density at radius 2 is 2.10 bits per heavy atom. The summed E-state index contributed by atoms with van der Waals surface area (Å²) in [5.74, 6) is 0. The van der Waals surface area contributed by atoms with E-state index in [-0.39, 0.29) is 0 Å². The van der Waals surface area contributed by atoms with Crippen molar-refractivity contribution in [2.24, 2.45) is 0 Å². The van der Waals surface area contributed by atoms with Crippen LogP contribution in [0.5, 0.6) is 0 Å². The Bertz CT molecular complexity index is 134. The van der Waals surface area contributed by atoms with E-state index >= 15 is 0 Å². The third kappa shape index (κ3) is 7.18. The van der Waals surface area contributed by atoms with Crippen LogP contribution in [-0.4, -0.2) is 20.1 Å². The summed E-state index contributed by atoms with van der Waals surface area (Å²) < 4.78 is 14.4. The molecule has 7 heteroatoms. The second-order valence-corrected chi connectivity index (χ2v) is 4.49. The summed E-state index contributed by atoms with van der Waals surface area (Å²) in [6, 6.07) is 0. The number of halogens is 2. The molecular weight excluding hydrogens is 291 g/mol. The molecule has 4 nitrogen and oxygen atoms in total. The highest BCUT2D eigenvalue weighted by Gasteiger charge is 2.18. The monoisotopic (exact) mass is 296 g/mol. The molecule has 62 valence electrons. The van der Waals surface area contributed by atoms with Gasteiger partial charge in [-0.3, -0.25) is 4.52 Å². The lowest BCUT2D eigenvalue weighted by Crippen LogP contribution is -2.02. The zero-order chi connectivity index (χ0) is 8.20. The minimum atomic E-state index is -4.32. The highest BCUT2D eigenvalue weighted by Crippen LogP contribution is 2.39. The van der Waals surface area contributed by atoms with E-state index in [1.165, 1.54) is 0 Å². The Labute approximate surface area is 75.5 Å². The molecule has 0 aromatic rings. The highest BCUT2D eigenvalue weighted by atomic mass is 79.9. The lowest BCUT2D eigenvalue weighted by molar-refractivity contribution is 0.184. The number of phosphoric ester groups is 1. The number of phosphoric acid groups is 1. The maximum absolute atomic E-state index is 10.1. The third-order valence-electron chi connectivity index (χ3n) is 0.588. The van der Waals surface area contributed by atoms with Gasteiger partial charge in [-0.25, -0.2) is 4.57 Å². The summed E-state index contributed by atoms with van der Waals surface area (Å²) in [4.78, 5) is 16.5. The Balaban J connectivity index is 3.58. The maximum atomic E-state index is 10.1. The van der Waals surface area contributed by atoms with Gasteiger partial charge < -0.3 is 9.79 Å². The van der Waals surface area contributed by atoms with E-state index < -0.39 is 12.8 Å². The van der Waals surface area contributed by atoms with Crippen LogP contribution in [0.15, 0.2) is 0 Å². The molecule has 0 saturated carbocycles. The first-order valence-corrected chi connectivity index (χ1v) is 5.96. The largest absolute Gasteiger partial charge is 0.470 e. The molecule has 0 radical (unpaired) electrons. The van der Waals surface area contributed by atoms with Crippen molar-refractivity contribution in [2.45, 2.75) is 11.4 Å². The van der Waals surface area contributed by atoms with Crippen molar-refractivity contribution in [3.8, 4) is 0 Å². The average molecular weight is 298 g/mol. The van der Waals surface area contributed by atoms with Gasteiger partial charge in [0, 0.05) is 5.33 Å². The van der Waals surface area contributed by atoms with Crippen LogP contribution < -0.4 is 0 Å². The first-order chi connectivity index (χ1) is 4.45. The van der Waals surface area contributed by atoms with Crippen LogP contribution in [0.2, 0.25) is 0 Å². The van der Waals surface area contributed by atoms with Crippen molar-refractivity contribution in [1.29, 1.82) is 0 Å². The van der Waals surface area contributed by atoms with E-state index in [4.69, 9.17) is 9.79 Å². The average Bonchev–Trinajstić information content (AvgIpc) is 1.59. The molecule has 10 heavy (non-hydrogen) atoms. The zero-order valence-electron chi connectivity index (χ0n) is 4.91. The topological polar surface area (TPSA) is 66.8 Å². The first-order valence-electron chi connectivity index (χ1n) is 2.39. The minimum absolute atomic E-state index is 0.505. The summed E-state index contributed by atoms with van der Waals surface area (Å²) >= 11 is 6.02. The molecule has 0 spiro atoms. The number of hydrogen-bond acceptors (Lipinski definition) is 2. The van der Waals surface area contributed by atoms with Crippen LogP contribution in [0.4, 0.5) is 0 Å². The Morgan fingerprint density at radius 3 is 2.40 bits per heavy atom. The molecule has 0 aliphatic carbocycles. The van der Waals surface area contributed by atoms with Gasteiger partial charge >= 0.3 is 7.82 Å². The fourth-order valence-corrected chi connectivity index (χ4v) is 2.60. The first kappa shape index (κ1) is 11.1. The molecule has 1 unspecified atom stereocenters. The Kier molecular flexibility index (Phi) is 5.37. The van der Waals surface area contributed by atoms with E-state index in [1.807, 2.05) is 0 Å². The van der Waals surface area contributed by atoms with Crippen LogP contribution in [0, 0.1) is 0 Å². The van der Waals surface area contributed by atoms with Crippen molar-refractivity contribution in [1.82, 2.24) is 0 Å². The molecule has 0 bridgehead atoms. The van der Waals surface area contributed by atoms with Crippen LogP contribution in [0.3, 0.4) is 0 Å². The van der Waals surface area contributed by atoms with Gasteiger partial charge in [0.1, 0.15) is 5.01 Å². The second-order valence-electron chi connectivity index (χ2n) is 1.48. The summed E-state index contributed by atoms with van der Waals surface area (Å²) in [5, 5.41) is 0.0378. The van der Waals surface area contributed by atoms with E-state index in [0.717, 1.165) is 0 Å². The van der Waals surface area contributed by atoms with E-state index in [9.17, 15) is 4.57 Å². The van der Waals surface area contributed by atoms with E-state index in [1.54, 1.807) is 0 Å². The smallest absolute Gasteiger partial charge is 0.303 e. The van der Waals surface area contributed by atoms with Gasteiger partial charge in [0.15, 0.2) is 0 Å². The van der Waals surface area contributed by atoms with Gasteiger partial charge in [-0.1, -0.05) is 31.9 Å². The van der Waals surface area contributed by atoms with Gasteiger partial charge in [-0.15, -0.1) is 0 Å². The molecule has 0 aliphatic heterocycles. The van der Waals surface area contributed by atoms with Gasteiger partial charge in [0.25, 0.3) is 0 Å². The molecular formula is C3H7Br2O4P. The van der Waals surface area contributed by atoms with Gasteiger partial charge in [-0.2, -0.15) is 0 Å². The molecule has 0 aromatic carbocycles. The zero-order valence-corrected chi connectivity index (χ0v) is 8.97. The predicted molar refractivity (Wildman–Crippen MR) is 44.3 cm³/mol. The predicted octanol–water partition coefficient (Wildman–Crippen LogP) is 1.60. The summed E-state index contributed by atoms with van der Waals surface area (Å²) in [5.41, 5.74) is 0. The number of rotatable bonds is 4. The lowest BCUT2D eigenvalue weighted by atomic mass is 10.5.